The van der Waals surface area contributed by atoms with Gasteiger partial charge in [-0.1, -0.05) is 82.6 Å². The van der Waals surface area contributed by atoms with Crippen LogP contribution in [0.5, 0.6) is 0 Å². The van der Waals surface area contributed by atoms with Gasteiger partial charge in [0.15, 0.2) is 0 Å². The SMILES string of the molecule is CCC(C)C(N(C(C)(C)CC(C)(C)C)C(C)(N)CC(C)(C)C)C(C)(C)C. The van der Waals surface area contributed by atoms with Crippen LogP contribution < -0.4 is 5.73 Å². The lowest BCUT2D eigenvalue weighted by molar-refractivity contribution is -0.111. The van der Waals surface area contributed by atoms with Crippen molar-refractivity contribution in [1.82, 2.24) is 4.90 Å². The quantitative estimate of drug-likeness (QED) is 0.487. The molecule has 2 nitrogen and oxygen atoms in total. The smallest absolute Gasteiger partial charge is 0.0670 e. The zero-order valence-corrected chi connectivity index (χ0v) is 20.8. The molecule has 0 aliphatic rings. The van der Waals surface area contributed by atoms with Crippen LogP contribution in [0.4, 0.5) is 0 Å². The van der Waals surface area contributed by atoms with E-state index in [9.17, 15) is 0 Å². The third-order valence-electron chi connectivity index (χ3n) is 5.40. The Hall–Kier alpha value is -0.0800. The van der Waals surface area contributed by atoms with Gasteiger partial charge in [-0.05, 0) is 55.8 Å². The van der Waals surface area contributed by atoms with Crippen LogP contribution in [0.3, 0.4) is 0 Å². The van der Waals surface area contributed by atoms with Crippen LogP contribution in [0.15, 0.2) is 0 Å². The molecule has 26 heavy (non-hydrogen) atoms. The first kappa shape index (κ1) is 25.9. The molecule has 0 rings (SSSR count). The minimum Gasteiger partial charge on any atom is -0.313 e. The van der Waals surface area contributed by atoms with Gasteiger partial charge in [-0.25, -0.2) is 0 Å². The third-order valence-corrected chi connectivity index (χ3v) is 5.40. The van der Waals surface area contributed by atoms with Crippen molar-refractivity contribution in [3.63, 3.8) is 0 Å². The predicted octanol–water partition coefficient (Wildman–Crippen LogP) is 7.08. The van der Waals surface area contributed by atoms with Crippen molar-refractivity contribution in [3.8, 4) is 0 Å². The van der Waals surface area contributed by atoms with Crippen LogP contribution in [0, 0.1) is 22.2 Å². The van der Waals surface area contributed by atoms with Crippen molar-refractivity contribution in [2.75, 3.05) is 0 Å². The minimum atomic E-state index is -0.353. The van der Waals surface area contributed by atoms with E-state index in [0.717, 1.165) is 12.8 Å². The molecule has 0 aromatic rings. The normalized spacial score (nSPS) is 19.4. The highest BCUT2D eigenvalue weighted by Gasteiger charge is 2.49. The fourth-order valence-electron chi connectivity index (χ4n) is 5.65. The van der Waals surface area contributed by atoms with Gasteiger partial charge < -0.3 is 5.73 Å². The Kier molecular flexibility index (Phi) is 8.09. The van der Waals surface area contributed by atoms with Gasteiger partial charge in [0.2, 0.25) is 0 Å². The molecule has 0 amide bonds. The third kappa shape index (κ3) is 7.89. The highest BCUT2D eigenvalue weighted by molar-refractivity contribution is 5.02. The summed E-state index contributed by atoms with van der Waals surface area (Å²) in [5, 5.41) is 0. The molecule has 0 aliphatic carbocycles. The van der Waals surface area contributed by atoms with Gasteiger partial charge in [-0.3, -0.25) is 4.90 Å². The number of nitrogens with zero attached hydrogens (tertiary/aromatic N) is 1. The van der Waals surface area contributed by atoms with Crippen LogP contribution in [-0.2, 0) is 0 Å². The van der Waals surface area contributed by atoms with Crippen LogP contribution >= 0.6 is 0 Å². The first-order valence-corrected chi connectivity index (χ1v) is 10.7. The molecule has 3 atom stereocenters. The van der Waals surface area contributed by atoms with E-state index in [1.54, 1.807) is 0 Å². The topological polar surface area (TPSA) is 29.3 Å². The first-order chi connectivity index (χ1) is 11.1. The Morgan fingerprint density at radius 2 is 1.12 bits per heavy atom. The van der Waals surface area contributed by atoms with Crippen LogP contribution in [0.2, 0.25) is 0 Å². The van der Waals surface area contributed by atoms with E-state index in [1.807, 2.05) is 0 Å². The Morgan fingerprint density at radius 3 is 1.38 bits per heavy atom. The summed E-state index contributed by atoms with van der Waals surface area (Å²) in [5.41, 5.74) is 7.46. The van der Waals surface area contributed by atoms with Crippen molar-refractivity contribution in [2.24, 2.45) is 27.9 Å². The summed E-state index contributed by atoms with van der Waals surface area (Å²) in [7, 11) is 0. The maximum Gasteiger partial charge on any atom is 0.0670 e. The van der Waals surface area contributed by atoms with Crippen molar-refractivity contribution in [2.45, 2.75) is 133 Å². The summed E-state index contributed by atoms with van der Waals surface area (Å²) in [4.78, 5) is 2.71. The molecular formula is C24H52N2. The van der Waals surface area contributed by atoms with Crippen LogP contribution in [-0.4, -0.2) is 22.1 Å². The second-order valence-corrected chi connectivity index (χ2v) is 13.2. The van der Waals surface area contributed by atoms with Gasteiger partial charge >= 0.3 is 0 Å². The Labute approximate surface area is 166 Å². The van der Waals surface area contributed by atoms with Crippen molar-refractivity contribution < 1.29 is 0 Å². The summed E-state index contributed by atoms with van der Waals surface area (Å²) >= 11 is 0. The zero-order chi connectivity index (χ0) is 21.4. The molecule has 0 aromatic heterocycles. The van der Waals surface area contributed by atoms with E-state index in [-0.39, 0.29) is 27.4 Å². The average Bonchev–Trinajstić information content (AvgIpc) is 2.26. The highest BCUT2D eigenvalue weighted by Crippen LogP contribution is 2.45. The van der Waals surface area contributed by atoms with E-state index in [0.29, 0.717) is 12.0 Å². The molecule has 0 spiro atoms. The van der Waals surface area contributed by atoms with E-state index < -0.39 is 0 Å². The van der Waals surface area contributed by atoms with Gasteiger partial charge in [0, 0.05) is 11.6 Å². The van der Waals surface area contributed by atoms with Crippen LogP contribution in [0.1, 0.15) is 116 Å². The highest BCUT2D eigenvalue weighted by atomic mass is 15.3. The Bertz CT molecular complexity index is 399. The summed E-state index contributed by atoms with van der Waals surface area (Å²) in [6.45, 7) is 32.9. The second kappa shape index (κ2) is 8.11. The fraction of sp³-hybridized carbons (Fsp3) is 1.00. The number of hydrogen-bond donors (Lipinski definition) is 1. The molecule has 2 heteroatoms. The molecule has 0 bridgehead atoms. The van der Waals surface area contributed by atoms with Crippen LogP contribution in [0.25, 0.3) is 0 Å². The minimum absolute atomic E-state index is 0.0222. The number of hydrogen-bond acceptors (Lipinski definition) is 2. The molecule has 0 aliphatic heterocycles. The Balaban J connectivity index is 6.42. The monoisotopic (exact) mass is 368 g/mol. The molecule has 0 heterocycles. The molecule has 0 saturated heterocycles. The van der Waals surface area contributed by atoms with E-state index in [1.165, 1.54) is 6.42 Å². The van der Waals surface area contributed by atoms with Crippen molar-refractivity contribution >= 4 is 0 Å². The fourth-order valence-corrected chi connectivity index (χ4v) is 5.65. The molecule has 0 aromatic carbocycles. The lowest BCUT2D eigenvalue weighted by Crippen LogP contribution is -2.70. The van der Waals surface area contributed by atoms with Gasteiger partial charge in [-0.2, -0.15) is 0 Å². The van der Waals surface area contributed by atoms with Crippen molar-refractivity contribution in [1.29, 1.82) is 0 Å². The van der Waals surface area contributed by atoms with Gasteiger partial charge in [0.25, 0.3) is 0 Å². The molecule has 2 N–H and O–H groups in total. The standard InChI is InChI=1S/C24H52N2/c1-15-18(2)19(22(9,10)11)26(23(12,13)16-20(3,4)5)24(14,25)17-21(6,7)8/h18-19H,15-17,25H2,1-14H3. The molecule has 0 radical (unpaired) electrons. The largest absolute Gasteiger partial charge is 0.313 e. The maximum atomic E-state index is 7.17. The number of nitrogens with two attached hydrogens (primary N) is 1. The molecule has 3 unspecified atom stereocenters. The molecule has 0 fully saturated rings. The summed E-state index contributed by atoms with van der Waals surface area (Å²) in [5.74, 6) is 0.595. The zero-order valence-electron chi connectivity index (χ0n) is 20.8. The molecular weight excluding hydrogens is 316 g/mol. The van der Waals surface area contributed by atoms with Crippen molar-refractivity contribution in [3.05, 3.63) is 0 Å². The lowest BCUT2D eigenvalue weighted by Gasteiger charge is -2.59. The summed E-state index contributed by atoms with van der Waals surface area (Å²) in [6, 6.07) is 0.433. The summed E-state index contributed by atoms with van der Waals surface area (Å²) in [6.07, 6.45) is 3.28. The second-order valence-electron chi connectivity index (χ2n) is 13.2. The van der Waals surface area contributed by atoms with Gasteiger partial charge in [0.05, 0.1) is 5.66 Å². The number of rotatable bonds is 7. The van der Waals surface area contributed by atoms with E-state index >= 15 is 0 Å². The summed E-state index contributed by atoms with van der Waals surface area (Å²) < 4.78 is 0. The van der Waals surface area contributed by atoms with E-state index in [4.69, 9.17) is 5.73 Å². The average molecular weight is 369 g/mol. The van der Waals surface area contributed by atoms with E-state index in [2.05, 4.69) is 102 Å². The predicted molar refractivity (Wildman–Crippen MR) is 119 cm³/mol. The Morgan fingerprint density at radius 1 is 0.731 bits per heavy atom. The van der Waals surface area contributed by atoms with Gasteiger partial charge in [0.1, 0.15) is 0 Å². The first-order valence-electron chi connectivity index (χ1n) is 10.7. The molecule has 0 saturated carbocycles. The molecule has 158 valence electrons. The van der Waals surface area contributed by atoms with Gasteiger partial charge in [-0.15, -0.1) is 0 Å². The lowest BCUT2D eigenvalue weighted by atomic mass is 9.70. The maximum absolute atomic E-state index is 7.17.